The molecule has 0 fully saturated rings. The molecule has 0 aliphatic rings. The number of H-pyrrole nitrogens is 1. The first kappa shape index (κ1) is 16.9. The Morgan fingerprint density at radius 3 is 2.52 bits per heavy atom. The fourth-order valence-electron chi connectivity index (χ4n) is 1.55. The van der Waals surface area contributed by atoms with Crippen molar-refractivity contribution in [3.63, 3.8) is 0 Å². The topological polar surface area (TPSA) is 113 Å². The molecule has 1 aromatic carbocycles. The van der Waals surface area contributed by atoms with E-state index in [2.05, 4.69) is 15.6 Å². The molecule has 10 heteroatoms. The summed E-state index contributed by atoms with van der Waals surface area (Å²) in [5.41, 5.74) is 0.673. The van der Waals surface area contributed by atoms with Gasteiger partial charge in [0.25, 0.3) is 15.9 Å². The Balaban J connectivity index is 2.00. The zero-order valence-electron chi connectivity index (χ0n) is 12.3. The third-order valence-corrected chi connectivity index (χ3v) is 4.03. The standard InChI is InChI=1S/C13H15FN4O4S/c1-13(2,22-10-5-3-9(14)4-6-10)12(19)17-18-23(20,21)11-7-15-16-8-11/h3-8,18H,1-2H3,(H,15,16)(H,17,19). The largest absolute Gasteiger partial charge is 0.478 e. The Bertz CT molecular complexity index is 773. The Labute approximate surface area is 132 Å². The van der Waals surface area contributed by atoms with E-state index < -0.39 is 27.3 Å². The van der Waals surface area contributed by atoms with Gasteiger partial charge in [-0.15, -0.1) is 4.83 Å². The second-order valence-corrected chi connectivity index (χ2v) is 6.74. The van der Waals surface area contributed by atoms with E-state index in [9.17, 15) is 17.6 Å². The van der Waals surface area contributed by atoms with Crippen LogP contribution in [-0.2, 0) is 14.8 Å². The summed E-state index contributed by atoms with van der Waals surface area (Å²) in [7, 11) is -3.93. The lowest BCUT2D eigenvalue weighted by Crippen LogP contribution is -2.52. The summed E-state index contributed by atoms with van der Waals surface area (Å²) in [6.45, 7) is 2.88. The summed E-state index contributed by atoms with van der Waals surface area (Å²) < 4.78 is 42.0. The minimum absolute atomic E-state index is 0.130. The number of hydrogen-bond acceptors (Lipinski definition) is 5. The van der Waals surface area contributed by atoms with Crippen molar-refractivity contribution in [2.24, 2.45) is 0 Å². The number of aromatic amines is 1. The Hall–Kier alpha value is -2.46. The number of aromatic nitrogens is 2. The molecule has 0 spiro atoms. The van der Waals surface area contributed by atoms with Crippen LogP contribution in [0.1, 0.15) is 13.8 Å². The van der Waals surface area contributed by atoms with Gasteiger partial charge in [-0.2, -0.15) is 5.10 Å². The van der Waals surface area contributed by atoms with Gasteiger partial charge in [0, 0.05) is 6.20 Å². The predicted molar refractivity (Wildman–Crippen MR) is 78.2 cm³/mol. The van der Waals surface area contributed by atoms with Crippen LogP contribution in [-0.4, -0.2) is 30.1 Å². The lowest BCUT2D eigenvalue weighted by Gasteiger charge is -2.25. The summed E-state index contributed by atoms with van der Waals surface area (Å²) in [5, 5.41) is 5.87. The van der Waals surface area contributed by atoms with Gasteiger partial charge >= 0.3 is 0 Å². The molecule has 1 amide bonds. The SMILES string of the molecule is CC(C)(Oc1ccc(F)cc1)C(=O)NNS(=O)(=O)c1cn[nH]c1. The van der Waals surface area contributed by atoms with Crippen LogP contribution in [0.25, 0.3) is 0 Å². The molecule has 0 saturated heterocycles. The highest BCUT2D eigenvalue weighted by Crippen LogP contribution is 2.18. The molecular weight excluding hydrogens is 327 g/mol. The number of halogens is 1. The molecule has 0 aliphatic carbocycles. The smallest absolute Gasteiger partial charge is 0.278 e. The fourth-order valence-corrected chi connectivity index (χ4v) is 2.30. The predicted octanol–water partition coefficient (Wildman–Crippen LogP) is 0.716. The van der Waals surface area contributed by atoms with E-state index in [0.29, 0.717) is 0 Å². The number of nitrogens with zero attached hydrogens (tertiary/aromatic N) is 1. The number of nitrogens with one attached hydrogen (secondary N) is 3. The molecule has 23 heavy (non-hydrogen) atoms. The summed E-state index contributed by atoms with van der Waals surface area (Å²) >= 11 is 0. The second-order valence-electron chi connectivity index (χ2n) is 5.06. The molecule has 1 heterocycles. The van der Waals surface area contributed by atoms with E-state index >= 15 is 0 Å². The van der Waals surface area contributed by atoms with Crippen molar-refractivity contribution in [1.29, 1.82) is 0 Å². The maximum atomic E-state index is 12.8. The van der Waals surface area contributed by atoms with Crippen LogP contribution in [0.15, 0.2) is 41.6 Å². The molecule has 8 nitrogen and oxygen atoms in total. The van der Waals surface area contributed by atoms with Crippen molar-refractivity contribution in [2.75, 3.05) is 0 Å². The van der Waals surface area contributed by atoms with Crippen LogP contribution in [0.4, 0.5) is 4.39 Å². The third-order valence-electron chi connectivity index (χ3n) is 2.82. The molecule has 0 bridgehead atoms. The molecule has 0 atom stereocenters. The maximum absolute atomic E-state index is 12.8. The Morgan fingerprint density at radius 1 is 1.30 bits per heavy atom. The number of ether oxygens (including phenoxy) is 1. The van der Waals surface area contributed by atoms with Crippen LogP contribution >= 0.6 is 0 Å². The number of hydrogen-bond donors (Lipinski definition) is 3. The molecule has 0 radical (unpaired) electrons. The van der Waals surface area contributed by atoms with E-state index in [-0.39, 0.29) is 10.6 Å². The maximum Gasteiger partial charge on any atom is 0.278 e. The van der Waals surface area contributed by atoms with Crippen LogP contribution in [0.5, 0.6) is 5.75 Å². The second kappa shape index (κ2) is 6.34. The first-order valence-corrected chi connectivity index (χ1v) is 7.95. The summed E-state index contributed by atoms with van der Waals surface area (Å²) in [6.07, 6.45) is 2.25. The van der Waals surface area contributed by atoms with Gasteiger partial charge in [-0.05, 0) is 38.1 Å². The van der Waals surface area contributed by atoms with Crippen LogP contribution in [0.3, 0.4) is 0 Å². The monoisotopic (exact) mass is 342 g/mol. The van der Waals surface area contributed by atoms with Crippen molar-refractivity contribution in [3.05, 3.63) is 42.5 Å². The lowest BCUT2D eigenvalue weighted by molar-refractivity contribution is -0.134. The fraction of sp³-hybridized carbons (Fsp3) is 0.231. The number of hydrazine groups is 1. The first-order chi connectivity index (χ1) is 10.7. The number of amides is 1. The molecular formula is C13H15FN4O4S. The van der Waals surface area contributed by atoms with Crippen molar-refractivity contribution in [1.82, 2.24) is 20.5 Å². The quantitative estimate of drug-likeness (QED) is 0.669. The normalized spacial score (nSPS) is 12.0. The van der Waals surface area contributed by atoms with Crippen LogP contribution in [0, 0.1) is 5.82 Å². The Morgan fingerprint density at radius 2 is 1.96 bits per heavy atom. The molecule has 3 N–H and O–H groups in total. The van der Waals surface area contributed by atoms with E-state index in [1.807, 2.05) is 4.83 Å². The minimum Gasteiger partial charge on any atom is -0.478 e. The van der Waals surface area contributed by atoms with Crippen molar-refractivity contribution >= 4 is 15.9 Å². The first-order valence-electron chi connectivity index (χ1n) is 6.46. The molecule has 1 aromatic heterocycles. The highest BCUT2D eigenvalue weighted by Gasteiger charge is 2.31. The molecule has 0 saturated carbocycles. The minimum atomic E-state index is -3.93. The number of carbonyl (C=O) groups is 1. The van der Waals surface area contributed by atoms with Crippen molar-refractivity contribution in [2.45, 2.75) is 24.3 Å². The number of benzene rings is 1. The van der Waals surface area contributed by atoms with Crippen molar-refractivity contribution in [3.8, 4) is 5.75 Å². The van der Waals surface area contributed by atoms with Gasteiger partial charge in [-0.1, -0.05) is 0 Å². The molecule has 0 aliphatic heterocycles. The van der Waals surface area contributed by atoms with Gasteiger partial charge in [0.2, 0.25) is 0 Å². The lowest BCUT2D eigenvalue weighted by atomic mass is 10.1. The van der Waals surface area contributed by atoms with Gasteiger partial charge in [-0.25, -0.2) is 12.8 Å². The van der Waals surface area contributed by atoms with Gasteiger partial charge in [0.15, 0.2) is 5.60 Å². The van der Waals surface area contributed by atoms with Crippen LogP contribution in [0.2, 0.25) is 0 Å². The highest BCUT2D eigenvalue weighted by atomic mass is 32.2. The highest BCUT2D eigenvalue weighted by molar-refractivity contribution is 7.89. The van der Waals surface area contributed by atoms with Gasteiger partial charge in [0.05, 0.1) is 6.20 Å². The van der Waals surface area contributed by atoms with Crippen molar-refractivity contribution < 1.29 is 22.3 Å². The number of sulfonamides is 1. The molecule has 124 valence electrons. The third kappa shape index (κ3) is 4.27. The summed E-state index contributed by atoms with van der Waals surface area (Å²) in [4.78, 5) is 13.9. The van der Waals surface area contributed by atoms with Gasteiger partial charge in [-0.3, -0.25) is 15.3 Å². The van der Waals surface area contributed by atoms with E-state index in [4.69, 9.17) is 4.74 Å². The van der Waals surface area contributed by atoms with Gasteiger partial charge in [0.1, 0.15) is 16.5 Å². The zero-order chi connectivity index (χ0) is 17.1. The summed E-state index contributed by atoms with van der Waals surface area (Å²) in [5.74, 6) is -0.898. The van der Waals surface area contributed by atoms with Gasteiger partial charge < -0.3 is 4.74 Å². The molecule has 0 unspecified atom stereocenters. The molecule has 2 aromatic rings. The average Bonchev–Trinajstić information content (AvgIpc) is 3.02. The zero-order valence-corrected chi connectivity index (χ0v) is 13.1. The number of carbonyl (C=O) groups excluding carboxylic acids is 1. The van der Waals surface area contributed by atoms with E-state index in [1.165, 1.54) is 38.1 Å². The van der Waals surface area contributed by atoms with E-state index in [0.717, 1.165) is 12.4 Å². The average molecular weight is 342 g/mol. The Kier molecular flexibility index (Phi) is 4.66. The summed E-state index contributed by atoms with van der Waals surface area (Å²) in [6, 6.07) is 5.09. The van der Waals surface area contributed by atoms with Crippen LogP contribution < -0.4 is 15.0 Å². The number of rotatable bonds is 6. The molecule has 2 rings (SSSR count). The van der Waals surface area contributed by atoms with E-state index in [1.54, 1.807) is 0 Å².